The van der Waals surface area contributed by atoms with Gasteiger partial charge in [0, 0.05) is 0 Å². The molecule has 0 heterocycles. The van der Waals surface area contributed by atoms with E-state index in [2.05, 4.69) is 5.43 Å². The second-order valence-electron chi connectivity index (χ2n) is 4.82. The molecule has 112 valence electrons. The molecular formula is C13H21N3O3S. The van der Waals surface area contributed by atoms with Gasteiger partial charge < -0.3 is 5.73 Å². The average molecular weight is 299 g/mol. The maximum atomic E-state index is 11.9. The molecule has 0 aliphatic rings. The van der Waals surface area contributed by atoms with Crippen molar-refractivity contribution < 1.29 is 13.2 Å². The fourth-order valence-corrected chi connectivity index (χ4v) is 2.34. The molecule has 0 radical (unpaired) electrons. The van der Waals surface area contributed by atoms with E-state index >= 15 is 0 Å². The zero-order chi connectivity index (χ0) is 15.3. The lowest BCUT2D eigenvalue weighted by atomic mass is 10.00. The van der Waals surface area contributed by atoms with Crippen LogP contribution in [-0.4, -0.2) is 20.4 Å². The van der Waals surface area contributed by atoms with Crippen molar-refractivity contribution in [2.75, 3.05) is 0 Å². The van der Waals surface area contributed by atoms with E-state index in [9.17, 15) is 13.2 Å². The maximum Gasteiger partial charge on any atom is 0.257 e. The third-order valence-electron chi connectivity index (χ3n) is 3.20. The van der Waals surface area contributed by atoms with Crippen molar-refractivity contribution in [3.63, 3.8) is 0 Å². The Morgan fingerprint density at radius 3 is 2.35 bits per heavy atom. The summed E-state index contributed by atoms with van der Waals surface area (Å²) in [6.07, 6.45) is 0.735. The zero-order valence-electron chi connectivity index (χ0n) is 11.9. The van der Waals surface area contributed by atoms with Crippen LogP contribution in [0, 0.1) is 12.8 Å². The Morgan fingerprint density at radius 1 is 1.30 bits per heavy atom. The van der Waals surface area contributed by atoms with E-state index in [0.717, 1.165) is 12.0 Å². The van der Waals surface area contributed by atoms with Crippen molar-refractivity contribution in [3.8, 4) is 0 Å². The highest BCUT2D eigenvalue weighted by molar-refractivity contribution is 7.89. The first-order valence-electron chi connectivity index (χ1n) is 6.42. The van der Waals surface area contributed by atoms with Crippen molar-refractivity contribution in [2.24, 2.45) is 11.7 Å². The molecule has 0 aromatic heterocycles. The number of hydrogen-bond donors (Lipinski definition) is 3. The smallest absolute Gasteiger partial charge is 0.257 e. The molecule has 0 saturated carbocycles. The van der Waals surface area contributed by atoms with Gasteiger partial charge >= 0.3 is 0 Å². The van der Waals surface area contributed by atoms with Gasteiger partial charge in [-0.25, -0.2) is 8.42 Å². The molecule has 1 amide bonds. The summed E-state index contributed by atoms with van der Waals surface area (Å²) in [6, 6.07) is 5.56. The average Bonchev–Trinajstić information content (AvgIpc) is 2.43. The number of hydrogen-bond acceptors (Lipinski definition) is 4. The first kappa shape index (κ1) is 16.6. The van der Waals surface area contributed by atoms with Gasteiger partial charge in [-0.2, -0.15) is 0 Å². The van der Waals surface area contributed by atoms with Gasteiger partial charge in [0.15, 0.2) is 0 Å². The lowest BCUT2D eigenvalue weighted by Gasteiger charge is -2.18. The number of hydrazine groups is 1. The monoisotopic (exact) mass is 299 g/mol. The molecule has 0 aliphatic heterocycles. The van der Waals surface area contributed by atoms with Crippen molar-refractivity contribution in [1.29, 1.82) is 0 Å². The zero-order valence-corrected chi connectivity index (χ0v) is 12.7. The van der Waals surface area contributed by atoms with Gasteiger partial charge in [0.2, 0.25) is 0 Å². The minimum atomic E-state index is -3.78. The van der Waals surface area contributed by atoms with Gasteiger partial charge in [0.1, 0.15) is 0 Å². The third kappa shape index (κ3) is 4.29. The van der Waals surface area contributed by atoms with Crippen LogP contribution in [0.2, 0.25) is 0 Å². The highest BCUT2D eigenvalue weighted by atomic mass is 32.2. The predicted octanol–water partition coefficient (Wildman–Crippen LogP) is 0.678. The van der Waals surface area contributed by atoms with E-state index in [1.807, 2.05) is 25.6 Å². The molecule has 1 rings (SSSR count). The largest absolute Gasteiger partial charge is 0.320 e. The van der Waals surface area contributed by atoms with E-state index in [1.54, 1.807) is 12.1 Å². The number of amides is 1. The second kappa shape index (κ2) is 6.83. The van der Waals surface area contributed by atoms with Crippen molar-refractivity contribution in [3.05, 3.63) is 29.8 Å². The molecule has 0 aliphatic carbocycles. The molecule has 7 heteroatoms. The van der Waals surface area contributed by atoms with Gasteiger partial charge in [0.25, 0.3) is 15.9 Å². The first-order chi connectivity index (χ1) is 9.27. The minimum absolute atomic E-state index is 0.0288. The number of rotatable bonds is 6. The summed E-state index contributed by atoms with van der Waals surface area (Å²) in [4.78, 5) is 13.8. The van der Waals surface area contributed by atoms with Gasteiger partial charge in [-0.15, -0.1) is 4.83 Å². The number of carbonyl (C=O) groups excluding carboxylic acids is 1. The SMILES string of the molecule is CCC(C)C(N)C(=O)NNS(=O)(=O)c1ccc(C)cc1. The molecule has 1 aromatic carbocycles. The Hall–Kier alpha value is -1.44. The van der Waals surface area contributed by atoms with Crippen LogP contribution in [0.3, 0.4) is 0 Å². The van der Waals surface area contributed by atoms with Crippen molar-refractivity contribution in [1.82, 2.24) is 10.3 Å². The van der Waals surface area contributed by atoms with Crippen LogP contribution in [0.15, 0.2) is 29.2 Å². The van der Waals surface area contributed by atoms with Crippen molar-refractivity contribution in [2.45, 2.75) is 38.1 Å². The quantitative estimate of drug-likeness (QED) is 0.672. The molecule has 1 aromatic rings. The Morgan fingerprint density at radius 2 is 1.85 bits per heavy atom. The summed E-state index contributed by atoms with van der Waals surface area (Å²) in [5.41, 5.74) is 8.81. The van der Waals surface area contributed by atoms with Crippen LogP contribution < -0.4 is 16.0 Å². The Kier molecular flexibility index (Phi) is 5.67. The number of aryl methyl sites for hydroxylation is 1. The number of benzene rings is 1. The standard InChI is InChI=1S/C13H21N3O3S/c1-4-10(3)12(14)13(17)15-16-20(18,19)11-7-5-9(2)6-8-11/h5-8,10,12,16H,4,14H2,1-3H3,(H,15,17). The van der Waals surface area contributed by atoms with E-state index in [4.69, 9.17) is 5.73 Å². The van der Waals surface area contributed by atoms with Gasteiger partial charge in [-0.3, -0.25) is 10.2 Å². The summed E-state index contributed by atoms with van der Waals surface area (Å²) in [7, 11) is -3.78. The molecule has 4 N–H and O–H groups in total. The van der Waals surface area contributed by atoms with Crippen LogP contribution in [0.4, 0.5) is 0 Å². The highest BCUT2D eigenvalue weighted by Gasteiger charge is 2.21. The molecule has 6 nitrogen and oxygen atoms in total. The molecule has 0 saturated heterocycles. The lowest BCUT2D eigenvalue weighted by Crippen LogP contribution is -2.51. The number of nitrogens with one attached hydrogen (secondary N) is 2. The fourth-order valence-electron chi connectivity index (χ4n) is 1.49. The maximum absolute atomic E-state index is 11.9. The summed E-state index contributed by atoms with van der Waals surface area (Å²) in [5, 5.41) is 0. The van der Waals surface area contributed by atoms with Gasteiger partial charge in [-0.1, -0.05) is 38.0 Å². The molecule has 0 fully saturated rings. The van der Waals surface area contributed by atoms with Crippen LogP contribution in [0.5, 0.6) is 0 Å². The Bertz CT molecular complexity index is 555. The van der Waals surface area contributed by atoms with Crippen molar-refractivity contribution >= 4 is 15.9 Å². The topological polar surface area (TPSA) is 101 Å². The van der Waals surface area contributed by atoms with Gasteiger partial charge in [-0.05, 0) is 25.0 Å². The third-order valence-corrected chi connectivity index (χ3v) is 4.46. The van der Waals surface area contributed by atoms with E-state index < -0.39 is 22.0 Å². The lowest BCUT2D eigenvalue weighted by molar-refractivity contribution is -0.123. The molecule has 0 bridgehead atoms. The number of sulfonamides is 1. The molecule has 0 spiro atoms. The summed E-state index contributed by atoms with van der Waals surface area (Å²) in [6.45, 7) is 5.60. The van der Waals surface area contributed by atoms with Crippen LogP contribution in [-0.2, 0) is 14.8 Å². The van der Waals surface area contributed by atoms with E-state index in [0.29, 0.717) is 0 Å². The molecule has 2 unspecified atom stereocenters. The molecule has 20 heavy (non-hydrogen) atoms. The predicted molar refractivity (Wildman–Crippen MR) is 77.1 cm³/mol. The summed E-state index contributed by atoms with van der Waals surface area (Å²) < 4.78 is 23.9. The number of carbonyl (C=O) groups is 1. The molecular weight excluding hydrogens is 278 g/mol. The fraction of sp³-hybridized carbons (Fsp3) is 0.462. The van der Waals surface area contributed by atoms with Crippen LogP contribution in [0.25, 0.3) is 0 Å². The summed E-state index contributed by atoms with van der Waals surface area (Å²) in [5.74, 6) is -0.575. The molecule has 2 atom stereocenters. The Labute approximate surface area is 119 Å². The van der Waals surface area contributed by atoms with Gasteiger partial charge in [0.05, 0.1) is 10.9 Å². The first-order valence-corrected chi connectivity index (χ1v) is 7.90. The second-order valence-corrected chi connectivity index (χ2v) is 6.50. The minimum Gasteiger partial charge on any atom is -0.320 e. The highest BCUT2D eigenvalue weighted by Crippen LogP contribution is 2.09. The normalized spacial score (nSPS) is 14.6. The Balaban J connectivity index is 2.69. The van der Waals surface area contributed by atoms with Crippen LogP contribution >= 0.6 is 0 Å². The number of nitrogens with two attached hydrogens (primary N) is 1. The summed E-state index contributed by atoms with van der Waals surface area (Å²) >= 11 is 0. The van der Waals surface area contributed by atoms with Crippen LogP contribution in [0.1, 0.15) is 25.8 Å². The van der Waals surface area contributed by atoms with E-state index in [1.165, 1.54) is 12.1 Å². The van der Waals surface area contributed by atoms with E-state index in [-0.39, 0.29) is 10.8 Å².